The number of pyridine rings is 1. The molecule has 1 rings (SSSR count). The minimum absolute atomic E-state index is 0.0372. The Kier molecular flexibility index (Phi) is 5.71. The summed E-state index contributed by atoms with van der Waals surface area (Å²) in [5.41, 5.74) is 0.331. The fraction of sp³-hybridized carbons (Fsp3) is 0.562. The minimum atomic E-state index is -0.703. The molecule has 0 N–H and O–H groups in total. The Morgan fingerprint density at radius 3 is 2.38 bits per heavy atom. The van der Waals surface area contributed by atoms with Gasteiger partial charge in [0.15, 0.2) is 0 Å². The molecule has 0 radical (unpaired) electrons. The molecule has 5 nitrogen and oxygen atoms in total. The smallest absolute Gasteiger partial charge is 0.329 e. The molecule has 0 bridgehead atoms. The van der Waals surface area contributed by atoms with Gasteiger partial charge < -0.3 is 4.74 Å². The van der Waals surface area contributed by atoms with Crippen LogP contribution >= 0.6 is 0 Å². The molecule has 1 atom stereocenters. The summed E-state index contributed by atoms with van der Waals surface area (Å²) in [6, 6.07) is 4.41. The first kappa shape index (κ1) is 17.0. The minimum Gasteiger partial charge on any atom is -0.461 e. The zero-order valence-electron chi connectivity index (χ0n) is 13.2. The van der Waals surface area contributed by atoms with Gasteiger partial charge in [0.2, 0.25) is 0 Å². The fourth-order valence-electron chi connectivity index (χ4n) is 2.21. The lowest BCUT2D eigenvalue weighted by molar-refractivity contribution is -0.151. The SMILES string of the molecule is CCC(C(=O)OC(C)C)n1c(C(C)C)ccc(C#N)c1=O. The summed E-state index contributed by atoms with van der Waals surface area (Å²) in [6.45, 7) is 9.24. The van der Waals surface area contributed by atoms with E-state index in [1.165, 1.54) is 10.6 Å². The summed E-state index contributed by atoms with van der Waals surface area (Å²) in [6.07, 6.45) is 0.184. The number of hydrogen-bond acceptors (Lipinski definition) is 4. The normalized spacial score (nSPS) is 12.3. The Hall–Kier alpha value is -2.09. The van der Waals surface area contributed by atoms with Crippen LogP contribution in [0, 0.1) is 11.3 Å². The lowest BCUT2D eigenvalue weighted by atomic mass is 10.1. The lowest BCUT2D eigenvalue weighted by Gasteiger charge is -2.23. The van der Waals surface area contributed by atoms with Crippen LogP contribution in [0.1, 0.15) is 64.3 Å². The second kappa shape index (κ2) is 7.07. The second-order valence-corrected chi connectivity index (χ2v) is 5.52. The van der Waals surface area contributed by atoms with Crippen molar-refractivity contribution < 1.29 is 9.53 Å². The maximum Gasteiger partial charge on any atom is 0.329 e. The molecule has 0 saturated carbocycles. The summed E-state index contributed by atoms with van der Waals surface area (Å²) in [5, 5.41) is 9.03. The van der Waals surface area contributed by atoms with Crippen molar-refractivity contribution in [2.24, 2.45) is 0 Å². The monoisotopic (exact) mass is 290 g/mol. The molecular weight excluding hydrogens is 268 g/mol. The molecule has 0 aliphatic rings. The number of nitrogens with zero attached hydrogens (tertiary/aromatic N) is 2. The van der Waals surface area contributed by atoms with Crippen LogP contribution < -0.4 is 5.56 Å². The Balaban J connectivity index is 3.46. The molecule has 1 heterocycles. The number of carbonyl (C=O) groups is 1. The first-order valence-corrected chi connectivity index (χ1v) is 7.19. The van der Waals surface area contributed by atoms with E-state index >= 15 is 0 Å². The summed E-state index contributed by atoms with van der Waals surface area (Å²) in [4.78, 5) is 24.7. The van der Waals surface area contributed by atoms with Crippen LogP contribution in [0.15, 0.2) is 16.9 Å². The van der Waals surface area contributed by atoms with E-state index in [2.05, 4.69) is 0 Å². The second-order valence-electron chi connectivity index (χ2n) is 5.52. The third-order valence-electron chi connectivity index (χ3n) is 3.18. The zero-order chi connectivity index (χ0) is 16.2. The molecule has 1 aromatic rings. The fourth-order valence-corrected chi connectivity index (χ4v) is 2.21. The Morgan fingerprint density at radius 1 is 1.33 bits per heavy atom. The highest BCUT2D eigenvalue weighted by Gasteiger charge is 2.26. The van der Waals surface area contributed by atoms with Gasteiger partial charge >= 0.3 is 5.97 Å². The van der Waals surface area contributed by atoms with E-state index in [-0.39, 0.29) is 17.6 Å². The highest BCUT2D eigenvalue weighted by atomic mass is 16.5. The van der Waals surface area contributed by atoms with Crippen LogP contribution in [0.25, 0.3) is 0 Å². The van der Waals surface area contributed by atoms with Crippen LogP contribution in [0.3, 0.4) is 0 Å². The van der Waals surface area contributed by atoms with Crippen molar-refractivity contribution in [3.63, 3.8) is 0 Å². The van der Waals surface area contributed by atoms with Crippen LogP contribution in [-0.4, -0.2) is 16.6 Å². The van der Waals surface area contributed by atoms with Gasteiger partial charge in [0, 0.05) is 5.69 Å². The average molecular weight is 290 g/mol. The van der Waals surface area contributed by atoms with Crippen LogP contribution in [0.2, 0.25) is 0 Å². The summed E-state index contributed by atoms with van der Waals surface area (Å²) in [5.74, 6) is -0.377. The molecule has 1 unspecified atom stereocenters. The number of hydrogen-bond donors (Lipinski definition) is 0. The maximum atomic E-state index is 12.4. The number of nitriles is 1. The number of rotatable bonds is 5. The van der Waals surface area contributed by atoms with Gasteiger partial charge in [-0.25, -0.2) is 4.79 Å². The van der Waals surface area contributed by atoms with E-state index < -0.39 is 17.6 Å². The number of esters is 1. The van der Waals surface area contributed by atoms with Crippen LogP contribution in [0.5, 0.6) is 0 Å². The van der Waals surface area contributed by atoms with Crippen molar-refractivity contribution in [2.75, 3.05) is 0 Å². The van der Waals surface area contributed by atoms with Gasteiger partial charge in [0.25, 0.3) is 5.56 Å². The first-order chi connectivity index (χ1) is 9.83. The molecule has 114 valence electrons. The quantitative estimate of drug-likeness (QED) is 0.782. The number of aromatic nitrogens is 1. The molecule has 0 saturated heterocycles. The lowest BCUT2D eigenvalue weighted by Crippen LogP contribution is -2.35. The van der Waals surface area contributed by atoms with Crippen molar-refractivity contribution in [1.29, 1.82) is 5.26 Å². The topological polar surface area (TPSA) is 72.1 Å². The highest BCUT2D eigenvalue weighted by molar-refractivity contribution is 5.74. The van der Waals surface area contributed by atoms with Crippen molar-refractivity contribution in [3.8, 4) is 6.07 Å². The van der Waals surface area contributed by atoms with Gasteiger partial charge in [-0.05, 0) is 38.3 Å². The van der Waals surface area contributed by atoms with Crippen LogP contribution in [-0.2, 0) is 9.53 Å². The molecule has 0 aliphatic heterocycles. The summed E-state index contributed by atoms with van der Waals surface area (Å²) in [7, 11) is 0. The van der Waals surface area contributed by atoms with Gasteiger partial charge in [0.1, 0.15) is 17.7 Å². The average Bonchev–Trinajstić information content (AvgIpc) is 2.40. The standard InChI is InChI=1S/C16H22N2O3/c1-6-13(16(20)21-11(4)5)18-14(10(2)3)8-7-12(9-17)15(18)19/h7-8,10-11,13H,6H2,1-5H3. The largest absolute Gasteiger partial charge is 0.461 e. The van der Waals surface area contributed by atoms with E-state index in [1.54, 1.807) is 19.9 Å². The van der Waals surface area contributed by atoms with E-state index in [0.29, 0.717) is 6.42 Å². The molecule has 5 heteroatoms. The van der Waals surface area contributed by atoms with Crippen molar-refractivity contribution in [3.05, 3.63) is 33.7 Å². The predicted octanol–water partition coefficient (Wildman–Crippen LogP) is 2.75. The van der Waals surface area contributed by atoms with Crippen molar-refractivity contribution in [2.45, 2.75) is 59.1 Å². The molecule has 0 spiro atoms. The molecular formula is C16H22N2O3. The van der Waals surface area contributed by atoms with Gasteiger partial charge in [-0.1, -0.05) is 20.8 Å². The maximum absolute atomic E-state index is 12.4. The van der Waals surface area contributed by atoms with E-state index in [0.717, 1.165) is 5.69 Å². The third kappa shape index (κ3) is 3.72. The number of carbonyl (C=O) groups excluding carboxylic acids is 1. The Labute approximate surface area is 125 Å². The predicted molar refractivity (Wildman–Crippen MR) is 80.1 cm³/mol. The Morgan fingerprint density at radius 2 is 1.95 bits per heavy atom. The molecule has 1 aromatic heterocycles. The van der Waals surface area contributed by atoms with Gasteiger partial charge in [-0.3, -0.25) is 9.36 Å². The van der Waals surface area contributed by atoms with E-state index in [1.807, 2.05) is 26.8 Å². The first-order valence-electron chi connectivity index (χ1n) is 7.19. The zero-order valence-corrected chi connectivity index (χ0v) is 13.2. The molecule has 0 amide bonds. The van der Waals surface area contributed by atoms with Crippen molar-refractivity contribution in [1.82, 2.24) is 4.57 Å². The van der Waals surface area contributed by atoms with Crippen molar-refractivity contribution >= 4 is 5.97 Å². The van der Waals surface area contributed by atoms with Gasteiger partial charge in [-0.2, -0.15) is 5.26 Å². The van der Waals surface area contributed by atoms with Gasteiger partial charge in [0.05, 0.1) is 6.10 Å². The molecule has 0 fully saturated rings. The summed E-state index contributed by atoms with van der Waals surface area (Å²) >= 11 is 0. The molecule has 21 heavy (non-hydrogen) atoms. The van der Waals surface area contributed by atoms with Crippen LogP contribution in [0.4, 0.5) is 0 Å². The molecule has 0 aromatic carbocycles. The molecule has 0 aliphatic carbocycles. The third-order valence-corrected chi connectivity index (χ3v) is 3.18. The van der Waals surface area contributed by atoms with E-state index in [4.69, 9.17) is 10.00 Å². The van der Waals surface area contributed by atoms with Gasteiger partial charge in [-0.15, -0.1) is 0 Å². The van der Waals surface area contributed by atoms with E-state index in [9.17, 15) is 9.59 Å². The Bertz CT molecular complexity index is 609. The highest BCUT2D eigenvalue weighted by Crippen LogP contribution is 2.21. The number of ether oxygens (including phenoxy) is 1. The summed E-state index contributed by atoms with van der Waals surface area (Å²) < 4.78 is 6.65.